The molecule has 13 nitrogen and oxygen atoms in total. The lowest BCUT2D eigenvalue weighted by molar-refractivity contribution is -0.146. The molecule has 0 radical (unpaired) electrons. The minimum absolute atomic E-state index is 0.113. The number of alkyl carbamates (subject to hydrolysis) is 1. The van der Waals surface area contributed by atoms with Crippen LogP contribution in [0.15, 0.2) is 29.3 Å². The van der Waals surface area contributed by atoms with Gasteiger partial charge >= 0.3 is 18.2 Å². The maximum atomic E-state index is 14.2. The molecule has 0 aliphatic carbocycles. The van der Waals surface area contributed by atoms with Crippen molar-refractivity contribution in [3.05, 3.63) is 29.8 Å². The summed E-state index contributed by atoms with van der Waals surface area (Å²) in [5.41, 5.74) is -2.55. The average molecular weight is 762 g/mol. The Morgan fingerprint density at radius 2 is 1.67 bits per heavy atom. The number of ether oxygens (including phenoxy) is 5. The summed E-state index contributed by atoms with van der Waals surface area (Å²) in [6.45, 7) is 14.4. The Bertz CT molecular complexity index is 1320. The number of aliphatic imine (C=N–C) groups is 1. The van der Waals surface area contributed by atoms with Gasteiger partial charge in [-0.15, -0.1) is 0 Å². The van der Waals surface area contributed by atoms with E-state index >= 15 is 0 Å². The lowest BCUT2D eigenvalue weighted by Gasteiger charge is -2.50. The summed E-state index contributed by atoms with van der Waals surface area (Å²) in [6, 6.07) is 5.88. The highest BCUT2D eigenvalue weighted by Crippen LogP contribution is 2.57. The van der Waals surface area contributed by atoms with E-state index in [-0.39, 0.29) is 25.7 Å². The fourth-order valence-corrected chi connectivity index (χ4v) is 7.15. The topological polar surface area (TPSA) is 140 Å². The monoisotopic (exact) mass is 759 g/mol. The van der Waals surface area contributed by atoms with Crippen LogP contribution in [-0.2, 0) is 25.5 Å². The number of urea groups is 1. The Labute approximate surface area is 280 Å². The lowest BCUT2D eigenvalue weighted by atomic mass is 9.92. The molecule has 1 spiro atoms. The van der Waals surface area contributed by atoms with E-state index < -0.39 is 56.2 Å². The molecular weight excluding hydrogens is 718 g/mol. The van der Waals surface area contributed by atoms with Crippen LogP contribution in [-0.4, -0.2) is 92.3 Å². The van der Waals surface area contributed by atoms with E-state index in [1.807, 2.05) is 12.1 Å². The van der Waals surface area contributed by atoms with Gasteiger partial charge in [-0.1, -0.05) is 44.0 Å². The molecule has 0 saturated carbocycles. The van der Waals surface area contributed by atoms with Crippen molar-refractivity contribution in [2.75, 3.05) is 20.3 Å². The fraction of sp³-hybridized carbons (Fsp3) is 0.667. The first-order valence-electron chi connectivity index (χ1n) is 14.7. The number of alkyl halides is 2. The van der Waals surface area contributed by atoms with Crippen LogP contribution >= 0.6 is 31.9 Å². The quantitative estimate of drug-likeness (QED) is 0.387. The summed E-state index contributed by atoms with van der Waals surface area (Å²) in [5.74, 6) is -0.423. The summed E-state index contributed by atoms with van der Waals surface area (Å²) in [4.78, 5) is 49.1. The number of hydrogen-bond donors (Lipinski definition) is 2. The Morgan fingerprint density at radius 3 is 2.20 bits per heavy atom. The largest absolute Gasteiger partial charge is 0.497 e. The van der Waals surface area contributed by atoms with Crippen molar-refractivity contribution in [3.8, 4) is 5.75 Å². The van der Waals surface area contributed by atoms with Crippen LogP contribution in [0.2, 0.25) is 0 Å². The zero-order chi connectivity index (χ0) is 33.6. The van der Waals surface area contributed by atoms with Crippen LogP contribution in [0.25, 0.3) is 0 Å². The standard InChI is InChI=1S/C30H43Br2N5O8/c1-26(2,3)44-24(39)35-22-34-21(20-17-42-28(7,8)43-20)30(37(22)25(40)45-27(4,5)6)29(31,32)14-15-36(30)23(38)33-16-18-10-12-19(41-9)13-11-18/h10-13,20-21H,14-17H2,1-9H3,(H,33,38)(H,34,35,39)/t20-,21+,30-/m1/s1. The summed E-state index contributed by atoms with van der Waals surface area (Å²) in [7, 11) is 1.58. The molecule has 3 heterocycles. The molecule has 1 aromatic carbocycles. The Morgan fingerprint density at radius 1 is 1.04 bits per heavy atom. The van der Waals surface area contributed by atoms with Gasteiger partial charge < -0.3 is 29.0 Å². The number of rotatable bonds is 4. The summed E-state index contributed by atoms with van der Waals surface area (Å²) in [5, 5.41) is 5.63. The second-order valence-electron chi connectivity index (χ2n) is 13.5. The van der Waals surface area contributed by atoms with Crippen LogP contribution in [0.4, 0.5) is 14.4 Å². The Kier molecular flexibility index (Phi) is 9.81. The van der Waals surface area contributed by atoms with Gasteiger partial charge in [-0.2, -0.15) is 0 Å². The number of carbonyl (C=O) groups is 3. The molecule has 1 aromatic rings. The zero-order valence-corrected chi connectivity index (χ0v) is 30.3. The van der Waals surface area contributed by atoms with Crippen molar-refractivity contribution in [3.63, 3.8) is 0 Å². The number of nitrogens with one attached hydrogen (secondary N) is 2. The fourth-order valence-electron chi connectivity index (χ4n) is 5.54. The first-order chi connectivity index (χ1) is 20.7. The van der Waals surface area contributed by atoms with Crippen LogP contribution in [0, 0.1) is 0 Å². The molecule has 15 heteroatoms. The first kappa shape index (κ1) is 35.2. The van der Waals surface area contributed by atoms with E-state index in [2.05, 4.69) is 42.5 Å². The van der Waals surface area contributed by atoms with Crippen molar-refractivity contribution in [2.45, 2.75) is 106 Å². The van der Waals surface area contributed by atoms with Gasteiger partial charge in [0.2, 0.25) is 5.96 Å². The smallest absolute Gasteiger partial charge is 0.419 e. The van der Waals surface area contributed by atoms with Crippen LogP contribution in [0.1, 0.15) is 67.4 Å². The van der Waals surface area contributed by atoms with Gasteiger partial charge in [0.1, 0.15) is 32.3 Å². The van der Waals surface area contributed by atoms with Crippen molar-refractivity contribution in [2.24, 2.45) is 4.99 Å². The maximum Gasteiger partial charge on any atom is 0.419 e. The van der Waals surface area contributed by atoms with Crippen LogP contribution in [0.3, 0.4) is 0 Å². The molecule has 4 amide bonds. The summed E-state index contributed by atoms with van der Waals surface area (Å²) in [6.07, 6.45) is -2.05. The number of benzene rings is 1. The second-order valence-corrected chi connectivity index (χ2v) is 17.3. The maximum absolute atomic E-state index is 14.2. The summed E-state index contributed by atoms with van der Waals surface area (Å²) >= 11 is 7.62. The van der Waals surface area contributed by atoms with Crippen molar-refractivity contribution in [1.29, 1.82) is 0 Å². The van der Waals surface area contributed by atoms with Crippen molar-refractivity contribution in [1.82, 2.24) is 20.4 Å². The number of halogens is 2. The molecule has 0 unspecified atom stereocenters. The average Bonchev–Trinajstić information content (AvgIpc) is 3.52. The number of amides is 4. The molecule has 3 aliphatic rings. The van der Waals surface area contributed by atoms with Gasteiger partial charge in [-0.25, -0.2) is 24.3 Å². The molecule has 250 valence electrons. The Balaban J connectivity index is 1.81. The highest BCUT2D eigenvalue weighted by atomic mass is 79.9. The number of guanidine groups is 1. The SMILES string of the molecule is COc1ccc(CNC(=O)N2CCC(Br)(Br)[C@]23[C@H]([C@H]2COC(C)(C)O2)N=C(NC(=O)OC(C)(C)C)N3C(=O)OC(C)(C)C)cc1. The van der Waals surface area contributed by atoms with Gasteiger partial charge in [0.05, 0.1) is 13.7 Å². The van der Waals surface area contributed by atoms with Gasteiger partial charge in [0.15, 0.2) is 11.4 Å². The predicted molar refractivity (Wildman–Crippen MR) is 173 cm³/mol. The molecule has 3 atom stereocenters. The van der Waals surface area contributed by atoms with E-state index in [0.717, 1.165) is 5.56 Å². The van der Waals surface area contributed by atoms with Gasteiger partial charge in [0.25, 0.3) is 0 Å². The minimum atomic E-state index is -1.63. The molecule has 3 aliphatic heterocycles. The zero-order valence-electron chi connectivity index (χ0n) is 27.2. The van der Waals surface area contributed by atoms with Gasteiger partial charge in [-0.3, -0.25) is 10.2 Å². The first-order valence-corrected chi connectivity index (χ1v) is 16.3. The summed E-state index contributed by atoms with van der Waals surface area (Å²) < 4.78 is 27.7. The molecule has 45 heavy (non-hydrogen) atoms. The van der Waals surface area contributed by atoms with Gasteiger partial charge in [-0.05, 0) is 79.5 Å². The molecule has 2 saturated heterocycles. The van der Waals surface area contributed by atoms with Gasteiger partial charge in [0, 0.05) is 13.1 Å². The van der Waals surface area contributed by atoms with E-state index in [0.29, 0.717) is 12.2 Å². The number of carbonyl (C=O) groups excluding carboxylic acids is 3. The van der Waals surface area contributed by atoms with Crippen LogP contribution < -0.4 is 15.4 Å². The minimum Gasteiger partial charge on any atom is -0.497 e. The number of hydrogen-bond acceptors (Lipinski definition) is 9. The third kappa shape index (κ3) is 7.52. The number of methoxy groups -OCH3 is 1. The normalized spacial score (nSPS) is 25.6. The highest BCUT2D eigenvalue weighted by molar-refractivity contribution is 9.25. The number of nitrogens with zero attached hydrogens (tertiary/aromatic N) is 3. The molecule has 0 aromatic heterocycles. The molecule has 4 rings (SSSR count). The molecule has 0 bridgehead atoms. The molecular formula is C30H43Br2N5O8. The van der Waals surface area contributed by atoms with Crippen molar-refractivity contribution < 1.29 is 38.1 Å². The van der Waals surface area contributed by atoms with E-state index in [4.69, 9.17) is 28.7 Å². The van der Waals surface area contributed by atoms with Crippen molar-refractivity contribution >= 4 is 56.0 Å². The number of likely N-dealkylation sites (tertiary alicyclic amines) is 1. The lowest BCUT2D eigenvalue weighted by Crippen LogP contribution is -2.74. The third-order valence-corrected chi connectivity index (χ3v) is 9.21. The van der Waals surface area contributed by atoms with E-state index in [1.165, 1.54) is 9.80 Å². The predicted octanol–water partition coefficient (Wildman–Crippen LogP) is 5.44. The highest BCUT2D eigenvalue weighted by Gasteiger charge is 2.74. The van der Waals surface area contributed by atoms with Crippen LogP contribution in [0.5, 0.6) is 5.75 Å². The Hall–Kier alpha value is -2.62. The van der Waals surface area contributed by atoms with E-state index in [1.54, 1.807) is 74.6 Å². The molecule has 2 N–H and O–H groups in total. The van der Waals surface area contributed by atoms with E-state index in [9.17, 15) is 14.4 Å². The molecule has 2 fully saturated rings. The second kappa shape index (κ2) is 12.5. The third-order valence-electron chi connectivity index (χ3n) is 7.25.